The maximum absolute atomic E-state index is 12.9. The number of nitro groups is 1. The van der Waals surface area contributed by atoms with Crippen LogP contribution in [0.3, 0.4) is 0 Å². The van der Waals surface area contributed by atoms with Crippen LogP contribution in [0, 0.1) is 15.9 Å². The van der Waals surface area contributed by atoms with Crippen molar-refractivity contribution >= 4 is 27.3 Å². The molecule has 0 aliphatic rings. The van der Waals surface area contributed by atoms with Crippen molar-refractivity contribution in [1.82, 2.24) is 5.32 Å². The van der Waals surface area contributed by atoms with Crippen LogP contribution in [-0.4, -0.2) is 39.2 Å². The van der Waals surface area contributed by atoms with E-state index >= 15 is 0 Å². The molecule has 150 valence electrons. The average Bonchev–Trinajstić information content (AvgIpc) is 2.64. The molecule has 2 aromatic carbocycles. The standard InChI is InChI=1S/C17H18FN3O6S/c1-27-16-8-7-14(21(23)24)9-15(16)20(28(2,25)26)11-17(22)19-10-12-3-5-13(18)6-4-12/h3-9H,10-11H2,1-2H3,(H,19,22). The minimum Gasteiger partial charge on any atom is -0.495 e. The summed E-state index contributed by atoms with van der Waals surface area (Å²) in [5.74, 6) is -1.01. The summed E-state index contributed by atoms with van der Waals surface area (Å²) in [6.45, 7) is -0.555. The van der Waals surface area contributed by atoms with Crippen LogP contribution in [0.15, 0.2) is 42.5 Å². The predicted octanol–water partition coefficient (Wildman–Crippen LogP) is 1.82. The lowest BCUT2D eigenvalue weighted by Gasteiger charge is -2.23. The number of nitrogens with one attached hydrogen (secondary N) is 1. The van der Waals surface area contributed by atoms with Gasteiger partial charge in [0.05, 0.1) is 18.3 Å². The lowest BCUT2D eigenvalue weighted by molar-refractivity contribution is -0.384. The summed E-state index contributed by atoms with van der Waals surface area (Å²) in [7, 11) is -2.68. The van der Waals surface area contributed by atoms with Crippen LogP contribution in [0.2, 0.25) is 0 Å². The molecule has 0 fully saturated rings. The first-order valence-corrected chi connectivity index (χ1v) is 9.78. The van der Waals surface area contributed by atoms with Crippen LogP contribution in [0.4, 0.5) is 15.8 Å². The molecule has 0 aromatic heterocycles. The fourth-order valence-electron chi connectivity index (χ4n) is 2.36. The average molecular weight is 411 g/mol. The first kappa shape index (κ1) is 21.1. The Morgan fingerprint density at radius 3 is 2.43 bits per heavy atom. The number of nitrogens with zero attached hydrogens (tertiary/aromatic N) is 2. The zero-order valence-corrected chi connectivity index (χ0v) is 15.9. The summed E-state index contributed by atoms with van der Waals surface area (Å²) in [5.41, 5.74) is 0.140. The number of non-ortho nitro benzene ring substituents is 1. The van der Waals surface area contributed by atoms with Crippen molar-refractivity contribution in [2.45, 2.75) is 6.54 Å². The SMILES string of the molecule is COc1ccc([N+](=O)[O-])cc1N(CC(=O)NCc1ccc(F)cc1)S(C)(=O)=O. The third-order valence-corrected chi connectivity index (χ3v) is 4.86. The summed E-state index contributed by atoms with van der Waals surface area (Å²) in [6, 6.07) is 8.87. The van der Waals surface area contributed by atoms with Crippen molar-refractivity contribution in [3.8, 4) is 5.75 Å². The molecule has 9 nitrogen and oxygen atoms in total. The van der Waals surface area contributed by atoms with Crippen LogP contribution in [0.25, 0.3) is 0 Å². The quantitative estimate of drug-likeness (QED) is 0.523. The van der Waals surface area contributed by atoms with Gasteiger partial charge in [0.1, 0.15) is 23.8 Å². The topological polar surface area (TPSA) is 119 Å². The lowest BCUT2D eigenvalue weighted by Crippen LogP contribution is -2.40. The van der Waals surface area contributed by atoms with Gasteiger partial charge in [0, 0.05) is 18.7 Å². The molecule has 0 bridgehead atoms. The Labute approximate surface area is 160 Å². The molecule has 1 amide bonds. The van der Waals surface area contributed by atoms with Gasteiger partial charge in [0.25, 0.3) is 5.69 Å². The number of carbonyl (C=O) groups excluding carboxylic acids is 1. The largest absolute Gasteiger partial charge is 0.495 e. The highest BCUT2D eigenvalue weighted by Gasteiger charge is 2.26. The number of halogens is 1. The lowest BCUT2D eigenvalue weighted by atomic mass is 10.2. The molecule has 0 aliphatic heterocycles. The van der Waals surface area contributed by atoms with Crippen molar-refractivity contribution in [2.24, 2.45) is 0 Å². The van der Waals surface area contributed by atoms with Gasteiger partial charge in [0.2, 0.25) is 15.9 Å². The van der Waals surface area contributed by atoms with Gasteiger partial charge in [-0.2, -0.15) is 0 Å². The molecule has 2 rings (SSSR count). The predicted molar refractivity (Wildman–Crippen MR) is 100 cm³/mol. The van der Waals surface area contributed by atoms with E-state index in [1.165, 1.54) is 37.4 Å². The number of sulfonamides is 1. The van der Waals surface area contributed by atoms with E-state index in [0.29, 0.717) is 5.56 Å². The maximum Gasteiger partial charge on any atom is 0.271 e. The van der Waals surface area contributed by atoms with Gasteiger partial charge in [-0.15, -0.1) is 0 Å². The van der Waals surface area contributed by atoms with Gasteiger partial charge in [-0.3, -0.25) is 19.2 Å². The van der Waals surface area contributed by atoms with Crippen LogP contribution in [0.1, 0.15) is 5.56 Å². The van der Waals surface area contributed by atoms with E-state index in [1.807, 2.05) is 0 Å². The summed E-state index contributed by atoms with van der Waals surface area (Å²) < 4.78 is 43.1. The van der Waals surface area contributed by atoms with E-state index in [-0.39, 0.29) is 23.7 Å². The van der Waals surface area contributed by atoms with E-state index in [2.05, 4.69) is 5.32 Å². The number of benzene rings is 2. The normalized spacial score (nSPS) is 11.0. The number of hydrogen-bond donors (Lipinski definition) is 1. The van der Waals surface area contributed by atoms with Crippen molar-refractivity contribution in [3.05, 3.63) is 64.0 Å². The second kappa shape index (κ2) is 8.65. The Morgan fingerprint density at radius 2 is 1.89 bits per heavy atom. The zero-order chi connectivity index (χ0) is 20.9. The second-order valence-corrected chi connectivity index (χ2v) is 7.69. The van der Waals surface area contributed by atoms with Crippen LogP contribution < -0.4 is 14.4 Å². The Kier molecular flexibility index (Phi) is 6.52. The number of amides is 1. The van der Waals surface area contributed by atoms with Crippen molar-refractivity contribution in [3.63, 3.8) is 0 Å². The highest BCUT2D eigenvalue weighted by Crippen LogP contribution is 2.33. The summed E-state index contributed by atoms with van der Waals surface area (Å²) in [5, 5.41) is 13.5. The molecule has 11 heteroatoms. The fraction of sp³-hybridized carbons (Fsp3) is 0.235. The Hall–Kier alpha value is -3.21. The summed E-state index contributed by atoms with van der Waals surface area (Å²) in [6.07, 6.45) is 0.874. The first-order chi connectivity index (χ1) is 13.1. The molecule has 28 heavy (non-hydrogen) atoms. The Morgan fingerprint density at radius 1 is 1.25 bits per heavy atom. The molecule has 0 aliphatic carbocycles. The molecule has 1 N–H and O–H groups in total. The molecule has 0 spiro atoms. The van der Waals surface area contributed by atoms with E-state index in [0.717, 1.165) is 22.7 Å². The number of ether oxygens (including phenoxy) is 1. The molecule has 0 saturated carbocycles. The van der Waals surface area contributed by atoms with Crippen molar-refractivity contribution in [2.75, 3.05) is 24.2 Å². The molecule has 2 aromatic rings. The number of nitro benzene ring substituents is 1. The third kappa shape index (κ3) is 5.39. The van der Waals surface area contributed by atoms with E-state index in [1.54, 1.807) is 0 Å². The fourth-order valence-corrected chi connectivity index (χ4v) is 3.21. The zero-order valence-electron chi connectivity index (χ0n) is 15.1. The maximum atomic E-state index is 12.9. The molecule has 0 heterocycles. The van der Waals surface area contributed by atoms with Crippen LogP contribution in [-0.2, 0) is 21.4 Å². The Balaban J connectivity index is 2.25. The minimum absolute atomic E-state index is 0.0577. The molecule has 0 saturated heterocycles. The van der Waals surface area contributed by atoms with Crippen LogP contribution >= 0.6 is 0 Å². The van der Waals surface area contributed by atoms with Crippen LogP contribution in [0.5, 0.6) is 5.75 Å². The van der Waals surface area contributed by atoms with Gasteiger partial charge >= 0.3 is 0 Å². The molecule has 0 radical (unpaired) electrons. The molecular weight excluding hydrogens is 393 g/mol. The van der Waals surface area contributed by atoms with Gasteiger partial charge in [0.15, 0.2) is 0 Å². The third-order valence-electron chi connectivity index (χ3n) is 3.73. The molecule has 0 unspecified atom stereocenters. The number of anilines is 1. The van der Waals surface area contributed by atoms with Gasteiger partial charge in [-0.05, 0) is 23.8 Å². The number of hydrogen-bond acceptors (Lipinski definition) is 6. The first-order valence-electron chi connectivity index (χ1n) is 7.93. The number of methoxy groups -OCH3 is 1. The van der Waals surface area contributed by atoms with E-state index < -0.39 is 33.2 Å². The van der Waals surface area contributed by atoms with Gasteiger partial charge < -0.3 is 10.1 Å². The highest BCUT2D eigenvalue weighted by molar-refractivity contribution is 7.92. The van der Waals surface area contributed by atoms with E-state index in [4.69, 9.17) is 4.74 Å². The summed E-state index contributed by atoms with van der Waals surface area (Å²) >= 11 is 0. The highest BCUT2D eigenvalue weighted by atomic mass is 32.2. The Bertz CT molecular complexity index is 979. The second-order valence-electron chi connectivity index (χ2n) is 5.79. The molecule has 0 atom stereocenters. The van der Waals surface area contributed by atoms with Crippen molar-refractivity contribution in [1.29, 1.82) is 0 Å². The molecular formula is C17H18FN3O6S. The number of carbonyl (C=O) groups is 1. The number of rotatable bonds is 8. The van der Waals surface area contributed by atoms with Crippen molar-refractivity contribution < 1.29 is 27.3 Å². The van der Waals surface area contributed by atoms with E-state index in [9.17, 15) is 27.7 Å². The summed E-state index contributed by atoms with van der Waals surface area (Å²) in [4.78, 5) is 22.6. The monoisotopic (exact) mass is 411 g/mol. The minimum atomic E-state index is -3.96. The smallest absolute Gasteiger partial charge is 0.271 e. The van der Waals surface area contributed by atoms with Gasteiger partial charge in [-0.25, -0.2) is 12.8 Å². The van der Waals surface area contributed by atoms with Gasteiger partial charge in [-0.1, -0.05) is 12.1 Å².